The van der Waals surface area contributed by atoms with E-state index >= 15 is 0 Å². The molecule has 0 spiro atoms. The SMILES string of the molecule is CCC(C(=O)Nc1ccc(C(C)C)cc1)n1nc(-c2cccc(OC)c2)c2c(C)onc2c1=O. The molecule has 4 rings (SSSR count). The average molecular weight is 461 g/mol. The van der Waals surface area contributed by atoms with E-state index in [4.69, 9.17) is 9.26 Å². The van der Waals surface area contributed by atoms with Crippen LogP contribution in [-0.4, -0.2) is 28.0 Å². The molecule has 0 aliphatic heterocycles. The number of hydrogen-bond donors (Lipinski definition) is 1. The summed E-state index contributed by atoms with van der Waals surface area (Å²) >= 11 is 0. The number of carbonyl (C=O) groups excluding carboxylic acids is 1. The second kappa shape index (κ2) is 9.51. The number of methoxy groups -OCH3 is 1. The smallest absolute Gasteiger partial charge is 0.297 e. The van der Waals surface area contributed by atoms with Gasteiger partial charge in [-0.15, -0.1) is 0 Å². The monoisotopic (exact) mass is 460 g/mol. The summed E-state index contributed by atoms with van der Waals surface area (Å²) in [5, 5.41) is 12.1. The minimum absolute atomic E-state index is 0.137. The van der Waals surface area contributed by atoms with E-state index < -0.39 is 11.6 Å². The first-order chi connectivity index (χ1) is 16.3. The van der Waals surface area contributed by atoms with Crippen LogP contribution in [0.1, 0.15) is 50.5 Å². The molecule has 0 radical (unpaired) electrons. The van der Waals surface area contributed by atoms with Crippen molar-refractivity contribution in [2.45, 2.75) is 46.1 Å². The Hall–Kier alpha value is -3.94. The Morgan fingerprint density at radius 2 is 1.91 bits per heavy atom. The minimum Gasteiger partial charge on any atom is -0.497 e. The molecule has 2 heterocycles. The third kappa shape index (κ3) is 4.31. The number of benzene rings is 2. The van der Waals surface area contributed by atoms with Crippen LogP contribution in [0.3, 0.4) is 0 Å². The van der Waals surface area contributed by atoms with Crippen molar-refractivity contribution in [3.8, 4) is 17.0 Å². The molecule has 0 bridgehead atoms. The highest BCUT2D eigenvalue weighted by atomic mass is 16.5. The number of anilines is 1. The van der Waals surface area contributed by atoms with Gasteiger partial charge in [-0.05, 0) is 49.1 Å². The third-order valence-electron chi connectivity index (χ3n) is 5.89. The van der Waals surface area contributed by atoms with Crippen molar-refractivity contribution in [1.82, 2.24) is 14.9 Å². The van der Waals surface area contributed by atoms with Crippen LogP contribution < -0.4 is 15.6 Å². The largest absolute Gasteiger partial charge is 0.497 e. The van der Waals surface area contributed by atoms with E-state index in [0.717, 1.165) is 5.56 Å². The maximum absolute atomic E-state index is 13.3. The molecule has 1 unspecified atom stereocenters. The molecule has 0 aliphatic rings. The number of nitrogens with one attached hydrogen (secondary N) is 1. The fourth-order valence-electron chi connectivity index (χ4n) is 3.94. The van der Waals surface area contributed by atoms with Gasteiger partial charge in [-0.3, -0.25) is 9.59 Å². The van der Waals surface area contributed by atoms with Gasteiger partial charge in [0.05, 0.1) is 12.5 Å². The Kier molecular flexibility index (Phi) is 6.49. The number of ether oxygens (including phenoxy) is 1. The molecule has 1 amide bonds. The van der Waals surface area contributed by atoms with Gasteiger partial charge < -0.3 is 14.6 Å². The molecule has 0 saturated carbocycles. The van der Waals surface area contributed by atoms with E-state index in [9.17, 15) is 9.59 Å². The van der Waals surface area contributed by atoms with Crippen LogP contribution in [0.25, 0.3) is 22.2 Å². The number of carbonyl (C=O) groups is 1. The molecule has 2 aromatic heterocycles. The summed E-state index contributed by atoms with van der Waals surface area (Å²) in [5.41, 5.74) is 2.72. The van der Waals surface area contributed by atoms with Gasteiger partial charge in [-0.1, -0.05) is 50.2 Å². The number of hydrogen-bond acceptors (Lipinski definition) is 6. The number of aromatic nitrogens is 3. The zero-order valence-corrected chi connectivity index (χ0v) is 20.0. The van der Waals surface area contributed by atoms with E-state index in [2.05, 4.69) is 29.4 Å². The third-order valence-corrected chi connectivity index (χ3v) is 5.89. The molecule has 0 fully saturated rings. The zero-order valence-electron chi connectivity index (χ0n) is 20.0. The summed E-state index contributed by atoms with van der Waals surface area (Å²) < 4.78 is 11.9. The van der Waals surface area contributed by atoms with Crippen molar-refractivity contribution < 1.29 is 14.1 Å². The summed E-state index contributed by atoms with van der Waals surface area (Å²) in [5.74, 6) is 1.19. The summed E-state index contributed by atoms with van der Waals surface area (Å²) in [6.45, 7) is 7.79. The standard InChI is InChI=1S/C26H28N4O4/c1-6-21(25(31)27-19-12-10-17(11-13-19)15(2)3)30-26(32)24-22(16(4)34-29-24)23(28-30)18-8-7-9-20(14-18)33-5/h7-15,21H,6H2,1-5H3,(H,27,31). The lowest BCUT2D eigenvalue weighted by Crippen LogP contribution is -2.35. The Bertz CT molecular complexity index is 1390. The van der Waals surface area contributed by atoms with E-state index in [1.165, 1.54) is 10.2 Å². The maximum atomic E-state index is 13.3. The molecule has 0 saturated heterocycles. The molecule has 1 atom stereocenters. The topological polar surface area (TPSA) is 99.2 Å². The highest BCUT2D eigenvalue weighted by Crippen LogP contribution is 2.30. The van der Waals surface area contributed by atoms with E-state index in [-0.39, 0.29) is 11.4 Å². The van der Waals surface area contributed by atoms with Gasteiger partial charge in [0.1, 0.15) is 23.2 Å². The second-order valence-electron chi connectivity index (χ2n) is 8.48. The molecule has 34 heavy (non-hydrogen) atoms. The summed E-state index contributed by atoms with van der Waals surface area (Å²) in [4.78, 5) is 26.5. The van der Waals surface area contributed by atoms with Crippen molar-refractivity contribution >= 4 is 22.5 Å². The lowest BCUT2D eigenvalue weighted by molar-refractivity contribution is -0.119. The van der Waals surface area contributed by atoms with Gasteiger partial charge in [-0.25, -0.2) is 4.68 Å². The van der Waals surface area contributed by atoms with Gasteiger partial charge >= 0.3 is 0 Å². The number of aryl methyl sites for hydroxylation is 1. The lowest BCUT2D eigenvalue weighted by Gasteiger charge is -2.18. The predicted octanol–water partition coefficient (Wildman–Crippen LogP) is 5.08. The van der Waals surface area contributed by atoms with Gasteiger partial charge in [0.2, 0.25) is 5.91 Å². The molecular weight excluding hydrogens is 432 g/mol. The summed E-state index contributed by atoms with van der Waals surface area (Å²) in [6.07, 6.45) is 0.364. The number of nitrogens with zero attached hydrogens (tertiary/aromatic N) is 3. The normalized spacial score (nSPS) is 12.2. The highest BCUT2D eigenvalue weighted by molar-refractivity contribution is 5.95. The molecule has 176 valence electrons. The Morgan fingerprint density at radius 3 is 2.56 bits per heavy atom. The molecule has 2 aromatic carbocycles. The highest BCUT2D eigenvalue weighted by Gasteiger charge is 2.26. The van der Waals surface area contributed by atoms with Gasteiger partial charge in [-0.2, -0.15) is 5.10 Å². The van der Waals surface area contributed by atoms with E-state index in [0.29, 0.717) is 40.6 Å². The van der Waals surface area contributed by atoms with Crippen molar-refractivity contribution in [2.75, 3.05) is 12.4 Å². The lowest BCUT2D eigenvalue weighted by atomic mass is 10.0. The molecule has 8 nitrogen and oxygen atoms in total. The predicted molar refractivity (Wildman–Crippen MR) is 131 cm³/mol. The van der Waals surface area contributed by atoms with Crippen molar-refractivity contribution in [3.63, 3.8) is 0 Å². The van der Waals surface area contributed by atoms with Crippen LogP contribution in [0.15, 0.2) is 57.8 Å². The Morgan fingerprint density at radius 1 is 1.18 bits per heavy atom. The molecular formula is C26H28N4O4. The number of amides is 1. The van der Waals surface area contributed by atoms with Gasteiger partial charge in [0.25, 0.3) is 5.56 Å². The quantitative estimate of drug-likeness (QED) is 0.413. The molecule has 4 aromatic rings. The summed E-state index contributed by atoms with van der Waals surface area (Å²) in [7, 11) is 1.58. The van der Waals surface area contributed by atoms with Crippen molar-refractivity contribution in [2.24, 2.45) is 0 Å². The van der Waals surface area contributed by atoms with Crippen LogP contribution in [0.2, 0.25) is 0 Å². The first kappa shape index (κ1) is 23.2. The molecule has 1 N–H and O–H groups in total. The summed E-state index contributed by atoms with van der Waals surface area (Å²) in [6, 6.07) is 14.2. The maximum Gasteiger partial charge on any atom is 0.297 e. The van der Waals surface area contributed by atoms with Crippen LogP contribution >= 0.6 is 0 Å². The Labute approximate surface area is 197 Å². The second-order valence-corrected chi connectivity index (χ2v) is 8.48. The fourth-order valence-corrected chi connectivity index (χ4v) is 3.94. The number of fused-ring (bicyclic) bond motifs is 1. The molecule has 8 heteroatoms. The van der Waals surface area contributed by atoms with Crippen LogP contribution in [0, 0.1) is 6.92 Å². The first-order valence-corrected chi connectivity index (χ1v) is 11.3. The van der Waals surface area contributed by atoms with Crippen LogP contribution in [-0.2, 0) is 4.79 Å². The zero-order chi connectivity index (χ0) is 24.4. The number of rotatable bonds is 7. The van der Waals surface area contributed by atoms with Gasteiger partial charge in [0.15, 0.2) is 5.52 Å². The first-order valence-electron chi connectivity index (χ1n) is 11.3. The van der Waals surface area contributed by atoms with Crippen LogP contribution in [0.5, 0.6) is 5.75 Å². The Balaban J connectivity index is 1.78. The van der Waals surface area contributed by atoms with E-state index in [1.807, 2.05) is 55.5 Å². The molecule has 0 aliphatic carbocycles. The van der Waals surface area contributed by atoms with Crippen molar-refractivity contribution in [3.05, 3.63) is 70.2 Å². The minimum atomic E-state index is -0.831. The van der Waals surface area contributed by atoms with Crippen LogP contribution in [0.4, 0.5) is 5.69 Å². The average Bonchev–Trinajstić information content (AvgIpc) is 3.23. The fraction of sp³-hybridized carbons (Fsp3) is 0.308. The van der Waals surface area contributed by atoms with E-state index in [1.54, 1.807) is 14.0 Å². The van der Waals surface area contributed by atoms with Crippen molar-refractivity contribution in [1.29, 1.82) is 0 Å². The van der Waals surface area contributed by atoms with Gasteiger partial charge in [0, 0.05) is 11.3 Å².